The Morgan fingerprint density at radius 3 is 2.42 bits per heavy atom. The quantitative estimate of drug-likeness (QED) is 0.756. The maximum atomic E-state index is 12.2. The van der Waals surface area contributed by atoms with Gasteiger partial charge in [-0.15, -0.1) is 0 Å². The molecule has 2 N–H and O–H groups in total. The number of benzene rings is 1. The molecule has 1 aromatic rings. The zero-order chi connectivity index (χ0) is 16.8. The molecule has 24 heavy (non-hydrogen) atoms. The van der Waals surface area contributed by atoms with Crippen LogP contribution in [0.2, 0.25) is 0 Å². The van der Waals surface area contributed by atoms with E-state index in [1.165, 1.54) is 24.8 Å². The molecule has 0 bridgehead atoms. The van der Waals surface area contributed by atoms with Gasteiger partial charge < -0.3 is 10.6 Å². The van der Waals surface area contributed by atoms with Gasteiger partial charge in [-0.05, 0) is 37.7 Å². The Balaban J connectivity index is 1.31. The molecule has 0 heterocycles. The van der Waals surface area contributed by atoms with E-state index in [1.54, 1.807) is 0 Å². The fraction of sp³-hybridized carbons (Fsp3) is 0.600. The minimum Gasteiger partial charge on any atom is -0.356 e. The van der Waals surface area contributed by atoms with Gasteiger partial charge in [0.2, 0.25) is 11.8 Å². The zero-order valence-electron chi connectivity index (χ0n) is 14.3. The SMILES string of the molecule is O=C(NCCCc1ccccc1)C1CC1C(=O)NC1CCCCC1. The van der Waals surface area contributed by atoms with Gasteiger partial charge in [0.25, 0.3) is 0 Å². The van der Waals surface area contributed by atoms with Crippen LogP contribution in [0, 0.1) is 11.8 Å². The van der Waals surface area contributed by atoms with E-state index in [1.807, 2.05) is 18.2 Å². The third-order valence-corrected chi connectivity index (χ3v) is 5.20. The van der Waals surface area contributed by atoms with Crippen molar-refractivity contribution in [3.63, 3.8) is 0 Å². The van der Waals surface area contributed by atoms with Crippen molar-refractivity contribution in [3.8, 4) is 0 Å². The highest BCUT2D eigenvalue weighted by Gasteiger charge is 2.48. The number of amides is 2. The second-order valence-electron chi connectivity index (χ2n) is 7.17. The van der Waals surface area contributed by atoms with Gasteiger partial charge in [-0.1, -0.05) is 49.6 Å². The van der Waals surface area contributed by atoms with Crippen LogP contribution in [0.4, 0.5) is 0 Å². The van der Waals surface area contributed by atoms with Crippen LogP contribution in [0.25, 0.3) is 0 Å². The van der Waals surface area contributed by atoms with Crippen molar-refractivity contribution < 1.29 is 9.59 Å². The molecule has 2 aliphatic rings. The molecule has 2 unspecified atom stereocenters. The highest BCUT2D eigenvalue weighted by atomic mass is 16.2. The molecule has 4 nitrogen and oxygen atoms in total. The summed E-state index contributed by atoms with van der Waals surface area (Å²) in [6.07, 6.45) is 8.50. The molecule has 2 saturated carbocycles. The van der Waals surface area contributed by atoms with Gasteiger partial charge in [0, 0.05) is 12.6 Å². The minimum atomic E-state index is -0.106. The van der Waals surface area contributed by atoms with E-state index in [0.717, 1.165) is 25.7 Å². The molecular weight excluding hydrogens is 300 g/mol. The van der Waals surface area contributed by atoms with E-state index in [4.69, 9.17) is 0 Å². The molecule has 0 saturated heterocycles. The predicted molar refractivity (Wildman–Crippen MR) is 94.4 cm³/mol. The maximum absolute atomic E-state index is 12.2. The second-order valence-corrected chi connectivity index (χ2v) is 7.17. The Hall–Kier alpha value is -1.84. The van der Waals surface area contributed by atoms with Gasteiger partial charge in [-0.3, -0.25) is 9.59 Å². The molecule has 0 spiro atoms. The van der Waals surface area contributed by atoms with E-state index in [-0.39, 0.29) is 23.7 Å². The topological polar surface area (TPSA) is 58.2 Å². The minimum absolute atomic E-state index is 0.0480. The number of aryl methyl sites for hydroxylation is 1. The highest BCUT2D eigenvalue weighted by molar-refractivity contribution is 5.92. The summed E-state index contributed by atoms with van der Waals surface area (Å²) in [5.41, 5.74) is 1.29. The van der Waals surface area contributed by atoms with Crippen LogP contribution < -0.4 is 10.6 Å². The average Bonchev–Trinajstić information content (AvgIpc) is 3.41. The third kappa shape index (κ3) is 4.83. The van der Waals surface area contributed by atoms with Crippen LogP contribution in [0.1, 0.15) is 50.5 Å². The Morgan fingerprint density at radius 1 is 0.958 bits per heavy atom. The fourth-order valence-corrected chi connectivity index (χ4v) is 3.61. The van der Waals surface area contributed by atoms with Crippen LogP contribution in [-0.4, -0.2) is 24.4 Å². The van der Waals surface area contributed by atoms with Crippen LogP contribution >= 0.6 is 0 Å². The van der Waals surface area contributed by atoms with Crippen LogP contribution in [0.15, 0.2) is 30.3 Å². The summed E-state index contributed by atoms with van der Waals surface area (Å²) in [5.74, 6) is -0.0652. The summed E-state index contributed by atoms with van der Waals surface area (Å²) >= 11 is 0. The van der Waals surface area contributed by atoms with Crippen molar-refractivity contribution in [1.29, 1.82) is 0 Å². The summed E-state index contributed by atoms with van der Waals surface area (Å²) in [7, 11) is 0. The molecule has 2 fully saturated rings. The monoisotopic (exact) mass is 328 g/mol. The molecule has 2 aliphatic carbocycles. The van der Waals surface area contributed by atoms with Gasteiger partial charge in [0.1, 0.15) is 0 Å². The number of carbonyl (C=O) groups is 2. The molecule has 0 aromatic heterocycles. The van der Waals surface area contributed by atoms with E-state index < -0.39 is 0 Å². The summed E-state index contributed by atoms with van der Waals surface area (Å²) in [6.45, 7) is 0.682. The lowest BCUT2D eigenvalue weighted by Gasteiger charge is -2.22. The Morgan fingerprint density at radius 2 is 1.67 bits per heavy atom. The van der Waals surface area contributed by atoms with Gasteiger partial charge in [-0.2, -0.15) is 0 Å². The lowest BCUT2D eigenvalue weighted by atomic mass is 9.95. The first kappa shape index (κ1) is 17.0. The normalized spacial score (nSPS) is 23.5. The summed E-state index contributed by atoms with van der Waals surface area (Å²) in [6, 6.07) is 10.6. The van der Waals surface area contributed by atoms with Crippen LogP contribution in [-0.2, 0) is 16.0 Å². The first-order valence-electron chi connectivity index (χ1n) is 9.36. The third-order valence-electron chi connectivity index (χ3n) is 5.20. The molecule has 2 atom stereocenters. The number of nitrogens with one attached hydrogen (secondary N) is 2. The van der Waals surface area contributed by atoms with Gasteiger partial charge in [0.15, 0.2) is 0 Å². The molecule has 4 heteroatoms. The molecule has 1 aromatic carbocycles. The van der Waals surface area contributed by atoms with E-state index in [9.17, 15) is 9.59 Å². The summed E-state index contributed by atoms with van der Waals surface area (Å²) in [4.78, 5) is 24.3. The molecule has 3 rings (SSSR count). The summed E-state index contributed by atoms with van der Waals surface area (Å²) in [5, 5.41) is 6.12. The first-order valence-corrected chi connectivity index (χ1v) is 9.36. The van der Waals surface area contributed by atoms with Gasteiger partial charge in [0.05, 0.1) is 11.8 Å². The molecule has 0 radical (unpaired) electrons. The predicted octanol–water partition coefficient (Wildman–Crippen LogP) is 2.82. The van der Waals surface area contributed by atoms with Crippen molar-refractivity contribution >= 4 is 11.8 Å². The second kappa shape index (κ2) is 8.32. The van der Waals surface area contributed by atoms with Gasteiger partial charge >= 0.3 is 0 Å². The lowest BCUT2D eigenvalue weighted by molar-refractivity contribution is -0.127. The average molecular weight is 328 g/mol. The van der Waals surface area contributed by atoms with Crippen molar-refractivity contribution in [2.45, 2.75) is 57.4 Å². The van der Waals surface area contributed by atoms with E-state index in [0.29, 0.717) is 19.0 Å². The van der Waals surface area contributed by atoms with E-state index in [2.05, 4.69) is 22.8 Å². The summed E-state index contributed by atoms with van der Waals surface area (Å²) < 4.78 is 0. The fourth-order valence-electron chi connectivity index (χ4n) is 3.61. The highest BCUT2D eigenvalue weighted by Crippen LogP contribution is 2.39. The van der Waals surface area contributed by atoms with Crippen molar-refractivity contribution in [2.24, 2.45) is 11.8 Å². The largest absolute Gasteiger partial charge is 0.356 e. The Labute approximate surface area is 144 Å². The Bertz CT molecular complexity index is 552. The van der Waals surface area contributed by atoms with Gasteiger partial charge in [-0.25, -0.2) is 0 Å². The van der Waals surface area contributed by atoms with Crippen LogP contribution in [0.5, 0.6) is 0 Å². The van der Waals surface area contributed by atoms with Crippen molar-refractivity contribution in [2.75, 3.05) is 6.54 Å². The van der Waals surface area contributed by atoms with Crippen LogP contribution in [0.3, 0.4) is 0 Å². The molecule has 2 amide bonds. The van der Waals surface area contributed by atoms with Crippen molar-refractivity contribution in [3.05, 3.63) is 35.9 Å². The number of rotatable bonds is 7. The Kier molecular flexibility index (Phi) is 5.89. The molecular formula is C20H28N2O2. The molecule has 130 valence electrons. The first-order chi connectivity index (χ1) is 11.7. The molecule has 0 aliphatic heterocycles. The van der Waals surface area contributed by atoms with E-state index >= 15 is 0 Å². The number of hydrogen-bond donors (Lipinski definition) is 2. The van der Waals surface area contributed by atoms with Crippen molar-refractivity contribution in [1.82, 2.24) is 10.6 Å². The zero-order valence-corrected chi connectivity index (χ0v) is 14.3. The number of hydrogen-bond acceptors (Lipinski definition) is 2. The smallest absolute Gasteiger partial charge is 0.224 e. The standard InChI is InChI=1S/C20H28N2O2/c23-19(21-13-7-10-15-8-3-1-4-9-15)17-14-18(17)20(24)22-16-11-5-2-6-12-16/h1,3-4,8-9,16-18H,2,5-7,10-14H2,(H,21,23)(H,22,24). The maximum Gasteiger partial charge on any atom is 0.224 e. The lowest BCUT2D eigenvalue weighted by Crippen LogP contribution is -2.38. The number of carbonyl (C=O) groups excluding carboxylic acids is 2.